The number of hydrogen-bond donors (Lipinski definition) is 1. The van der Waals surface area contributed by atoms with Crippen LogP contribution in [-0.2, 0) is 13.1 Å². The van der Waals surface area contributed by atoms with Crippen molar-refractivity contribution in [3.63, 3.8) is 0 Å². The number of fused-ring (bicyclic) bond motifs is 1. The van der Waals surface area contributed by atoms with Gasteiger partial charge in [0.1, 0.15) is 0 Å². The molecule has 5 aromatic rings. The Morgan fingerprint density at radius 2 is 2.06 bits per heavy atom. The Labute approximate surface area is 189 Å². The fourth-order valence-corrected chi connectivity index (χ4v) is 3.72. The van der Waals surface area contributed by atoms with E-state index in [2.05, 4.69) is 25.0 Å². The number of carbonyl (C=O) groups is 1. The van der Waals surface area contributed by atoms with Gasteiger partial charge in [0.05, 0.1) is 37.3 Å². The number of pyridine rings is 1. The lowest BCUT2D eigenvalue weighted by molar-refractivity contribution is 0.102. The van der Waals surface area contributed by atoms with Crippen molar-refractivity contribution in [3.8, 4) is 17.2 Å². The van der Waals surface area contributed by atoms with E-state index in [9.17, 15) is 4.79 Å². The first-order chi connectivity index (χ1) is 16.1. The topological polar surface area (TPSA) is 100 Å². The number of nitrogens with one attached hydrogen (secondary N) is 1. The normalized spacial score (nSPS) is 11.1. The molecule has 9 heteroatoms. The number of nitrogens with zero attached hydrogens (tertiary/aromatic N) is 5. The number of rotatable bonds is 7. The minimum Gasteiger partial charge on any atom is -0.481 e. The van der Waals surface area contributed by atoms with E-state index in [-0.39, 0.29) is 11.6 Å². The third kappa shape index (κ3) is 4.20. The van der Waals surface area contributed by atoms with E-state index in [1.165, 1.54) is 6.39 Å². The third-order valence-corrected chi connectivity index (χ3v) is 5.37. The predicted octanol–water partition coefficient (Wildman–Crippen LogP) is 4.16. The van der Waals surface area contributed by atoms with E-state index in [0.29, 0.717) is 30.4 Å². The maximum absolute atomic E-state index is 12.8. The smallest absolute Gasteiger partial charge is 0.278 e. The number of carbonyl (C=O) groups excluding carboxylic acids is 1. The summed E-state index contributed by atoms with van der Waals surface area (Å²) in [5, 5.41) is 8.27. The van der Waals surface area contributed by atoms with Crippen LogP contribution in [0.4, 0.5) is 5.69 Å². The molecule has 0 atom stereocenters. The molecule has 9 nitrogen and oxygen atoms in total. The van der Waals surface area contributed by atoms with Crippen LogP contribution in [0.2, 0.25) is 0 Å². The highest BCUT2D eigenvalue weighted by Gasteiger charge is 2.19. The zero-order valence-electron chi connectivity index (χ0n) is 18.2. The summed E-state index contributed by atoms with van der Waals surface area (Å²) in [5.41, 5.74) is 3.71. The molecular formula is C24H22N6O3. The first-order valence-corrected chi connectivity index (χ1v) is 10.4. The molecule has 0 spiro atoms. The minimum atomic E-state index is -0.351. The molecule has 0 aliphatic carbocycles. The predicted molar refractivity (Wildman–Crippen MR) is 123 cm³/mol. The molecule has 0 bridgehead atoms. The largest absolute Gasteiger partial charge is 0.481 e. The second kappa shape index (κ2) is 8.62. The summed E-state index contributed by atoms with van der Waals surface area (Å²) in [6.45, 7) is 3.31. The van der Waals surface area contributed by atoms with Crippen molar-refractivity contribution in [2.24, 2.45) is 0 Å². The van der Waals surface area contributed by atoms with E-state index in [4.69, 9.17) is 9.15 Å². The number of ether oxygens (including phenoxy) is 1. The molecule has 0 saturated carbocycles. The summed E-state index contributed by atoms with van der Waals surface area (Å²) < 4.78 is 14.6. The van der Waals surface area contributed by atoms with E-state index in [1.807, 2.05) is 49.5 Å². The van der Waals surface area contributed by atoms with Gasteiger partial charge in [-0.3, -0.25) is 9.48 Å². The van der Waals surface area contributed by atoms with Gasteiger partial charge in [-0.05, 0) is 19.1 Å². The van der Waals surface area contributed by atoms with Gasteiger partial charge in [0.15, 0.2) is 17.8 Å². The van der Waals surface area contributed by atoms with Gasteiger partial charge in [-0.25, -0.2) is 9.97 Å². The Morgan fingerprint density at radius 3 is 2.91 bits per heavy atom. The molecule has 1 amide bonds. The summed E-state index contributed by atoms with van der Waals surface area (Å²) in [5.74, 6) is 0.676. The number of hydrogen-bond acceptors (Lipinski definition) is 6. The average Bonchev–Trinajstić information content (AvgIpc) is 3.57. The van der Waals surface area contributed by atoms with E-state index < -0.39 is 0 Å². The van der Waals surface area contributed by atoms with Crippen LogP contribution < -0.4 is 10.1 Å². The van der Waals surface area contributed by atoms with Crippen LogP contribution in [0.3, 0.4) is 0 Å². The van der Waals surface area contributed by atoms with Gasteiger partial charge in [-0.1, -0.05) is 23.8 Å². The molecule has 4 aromatic heterocycles. The fraction of sp³-hybridized carbons (Fsp3) is 0.167. The zero-order valence-corrected chi connectivity index (χ0v) is 18.2. The second-order valence-corrected chi connectivity index (χ2v) is 7.64. The average molecular weight is 442 g/mol. The number of aryl methyl sites for hydroxylation is 3. The van der Waals surface area contributed by atoms with Gasteiger partial charge in [-0.2, -0.15) is 5.10 Å². The van der Waals surface area contributed by atoms with Gasteiger partial charge in [-0.15, -0.1) is 0 Å². The Kier molecular flexibility index (Phi) is 5.35. The van der Waals surface area contributed by atoms with Crippen molar-refractivity contribution >= 4 is 22.5 Å². The Hall–Kier alpha value is -4.40. The Bertz CT molecular complexity index is 1430. The Balaban J connectivity index is 1.26. The lowest BCUT2D eigenvalue weighted by Gasteiger charge is -2.06. The quantitative estimate of drug-likeness (QED) is 0.406. The van der Waals surface area contributed by atoms with Crippen molar-refractivity contribution in [2.75, 3.05) is 12.4 Å². The maximum atomic E-state index is 12.8. The molecule has 0 fully saturated rings. The van der Waals surface area contributed by atoms with Gasteiger partial charge in [0, 0.05) is 36.0 Å². The molecule has 0 aliphatic rings. The summed E-state index contributed by atoms with van der Waals surface area (Å²) in [6.07, 6.45) is 8.49. The van der Waals surface area contributed by atoms with Crippen LogP contribution in [0.25, 0.3) is 22.2 Å². The standard InChI is InChI=1S/C24H22N6O3/c1-16-4-3-5-18(10-16)23-22(26-15-33-23)24(31)28-19-12-27-30(14-19)9-8-29-7-6-17-11-21(32-2)25-13-20(17)29/h3-7,10-15H,8-9H2,1-2H3,(H,28,31). The number of anilines is 1. The van der Waals surface area contributed by atoms with Gasteiger partial charge in [0.25, 0.3) is 5.91 Å². The molecule has 1 N–H and O–H groups in total. The first-order valence-electron chi connectivity index (χ1n) is 10.4. The van der Waals surface area contributed by atoms with E-state index in [1.54, 1.807) is 30.4 Å². The van der Waals surface area contributed by atoms with Gasteiger partial charge < -0.3 is 19.0 Å². The fourth-order valence-electron chi connectivity index (χ4n) is 3.72. The van der Waals surface area contributed by atoms with Crippen LogP contribution in [0, 0.1) is 6.92 Å². The molecule has 0 saturated heterocycles. The van der Waals surface area contributed by atoms with Crippen molar-refractivity contribution < 1.29 is 13.9 Å². The molecular weight excluding hydrogens is 420 g/mol. The maximum Gasteiger partial charge on any atom is 0.278 e. The molecule has 0 aliphatic heterocycles. The molecule has 5 rings (SSSR count). The van der Waals surface area contributed by atoms with Crippen molar-refractivity contribution in [2.45, 2.75) is 20.0 Å². The van der Waals surface area contributed by atoms with Gasteiger partial charge in [0.2, 0.25) is 5.88 Å². The number of methoxy groups -OCH3 is 1. The molecule has 1 aromatic carbocycles. The van der Waals surface area contributed by atoms with Crippen LogP contribution in [0.15, 0.2) is 72.0 Å². The lowest BCUT2D eigenvalue weighted by Crippen LogP contribution is -2.13. The lowest BCUT2D eigenvalue weighted by atomic mass is 10.1. The van der Waals surface area contributed by atoms with Crippen molar-refractivity contribution in [1.82, 2.24) is 24.3 Å². The highest BCUT2D eigenvalue weighted by atomic mass is 16.5. The summed E-state index contributed by atoms with van der Waals surface area (Å²) >= 11 is 0. The summed E-state index contributed by atoms with van der Waals surface area (Å²) in [7, 11) is 1.60. The molecule has 0 radical (unpaired) electrons. The summed E-state index contributed by atoms with van der Waals surface area (Å²) in [6, 6.07) is 11.7. The molecule has 4 heterocycles. The van der Waals surface area contributed by atoms with E-state index in [0.717, 1.165) is 22.0 Å². The number of benzene rings is 1. The van der Waals surface area contributed by atoms with Crippen LogP contribution in [0.1, 0.15) is 16.1 Å². The van der Waals surface area contributed by atoms with Crippen molar-refractivity contribution in [1.29, 1.82) is 0 Å². The molecule has 33 heavy (non-hydrogen) atoms. The van der Waals surface area contributed by atoms with Gasteiger partial charge >= 0.3 is 0 Å². The molecule has 166 valence electrons. The number of oxazole rings is 1. The second-order valence-electron chi connectivity index (χ2n) is 7.64. The van der Waals surface area contributed by atoms with Crippen LogP contribution >= 0.6 is 0 Å². The van der Waals surface area contributed by atoms with Crippen molar-refractivity contribution in [3.05, 3.63) is 78.8 Å². The van der Waals surface area contributed by atoms with Crippen LogP contribution in [0.5, 0.6) is 5.88 Å². The highest BCUT2D eigenvalue weighted by Crippen LogP contribution is 2.25. The number of aromatic nitrogens is 5. The van der Waals surface area contributed by atoms with Crippen LogP contribution in [-0.4, -0.2) is 37.3 Å². The SMILES string of the molecule is COc1cc2ccn(CCn3cc(NC(=O)c4ncoc4-c4cccc(C)c4)cn3)c2cn1. The minimum absolute atomic E-state index is 0.232. The zero-order chi connectivity index (χ0) is 22.8. The Morgan fingerprint density at radius 1 is 1.15 bits per heavy atom. The molecule has 0 unspecified atom stereocenters. The third-order valence-electron chi connectivity index (χ3n) is 5.37. The summed E-state index contributed by atoms with van der Waals surface area (Å²) in [4.78, 5) is 21.2. The van der Waals surface area contributed by atoms with E-state index >= 15 is 0 Å². The highest BCUT2D eigenvalue weighted by molar-refractivity contribution is 6.06. The number of amides is 1. The monoisotopic (exact) mass is 442 g/mol. The first kappa shape index (κ1) is 20.5.